The zero-order chi connectivity index (χ0) is 25.1. The molecule has 11 nitrogen and oxygen atoms in total. The molecule has 0 aliphatic carbocycles. The van der Waals surface area contributed by atoms with Crippen molar-refractivity contribution in [2.75, 3.05) is 37.7 Å². The van der Waals surface area contributed by atoms with Gasteiger partial charge in [-0.05, 0) is 24.6 Å². The highest BCUT2D eigenvalue weighted by Gasteiger charge is 2.31. The van der Waals surface area contributed by atoms with Crippen LogP contribution >= 0.6 is 0 Å². The molecule has 0 radical (unpaired) electrons. The molecular formula is C25H29N7O4. The number of carbonyl (C=O) groups is 2. The molecule has 188 valence electrons. The first-order valence-electron chi connectivity index (χ1n) is 12.0. The molecule has 2 aliphatic rings. The first-order valence-corrected chi connectivity index (χ1v) is 12.0. The number of fused-ring (bicyclic) bond motifs is 1. The van der Waals surface area contributed by atoms with E-state index < -0.39 is 0 Å². The predicted octanol–water partition coefficient (Wildman–Crippen LogP) is 1.74. The third kappa shape index (κ3) is 5.09. The van der Waals surface area contributed by atoms with Gasteiger partial charge in [0.15, 0.2) is 11.5 Å². The number of nitrogens with one attached hydrogen (secondary N) is 1. The van der Waals surface area contributed by atoms with Crippen LogP contribution in [-0.4, -0.2) is 75.1 Å². The molecule has 0 bridgehead atoms. The van der Waals surface area contributed by atoms with Crippen LogP contribution < -0.4 is 19.7 Å². The third-order valence-electron chi connectivity index (χ3n) is 6.49. The van der Waals surface area contributed by atoms with Gasteiger partial charge in [0.2, 0.25) is 11.8 Å². The number of piperazine rings is 1. The molecule has 5 rings (SSSR count). The van der Waals surface area contributed by atoms with Crippen molar-refractivity contribution in [3.05, 3.63) is 54.9 Å². The Morgan fingerprint density at radius 2 is 1.92 bits per heavy atom. The zero-order valence-corrected chi connectivity index (χ0v) is 20.3. The van der Waals surface area contributed by atoms with Crippen molar-refractivity contribution in [1.82, 2.24) is 29.7 Å². The second-order valence-corrected chi connectivity index (χ2v) is 8.91. The molecule has 1 saturated heterocycles. The fraction of sp³-hybridized carbons (Fsp3) is 0.400. The van der Waals surface area contributed by atoms with E-state index in [0.717, 1.165) is 5.56 Å². The summed E-state index contributed by atoms with van der Waals surface area (Å²) in [7, 11) is 0. The van der Waals surface area contributed by atoms with Crippen molar-refractivity contribution in [3.8, 4) is 17.3 Å². The normalized spacial score (nSPS) is 18.0. The van der Waals surface area contributed by atoms with E-state index in [2.05, 4.69) is 25.2 Å². The molecule has 3 aromatic rings. The fourth-order valence-corrected chi connectivity index (χ4v) is 4.57. The molecule has 2 unspecified atom stereocenters. The summed E-state index contributed by atoms with van der Waals surface area (Å²) in [4.78, 5) is 42.0. The van der Waals surface area contributed by atoms with Crippen molar-refractivity contribution in [1.29, 1.82) is 0 Å². The van der Waals surface area contributed by atoms with Crippen LogP contribution in [0.5, 0.6) is 11.5 Å². The molecule has 2 amide bonds. The standard InChI is InChI=1S/C25H29N7O4/c1-17(19-3-4-21-22(11-19)36-10-9-35-21)29-25(34)12-20-14-30(18(2)33)7-8-32(20)24-13-23(27-15-28-24)31-6-5-26-16-31/h3-6,11,13,15-17,20H,7-10,12,14H2,1-2H3,(H,29,34). The predicted molar refractivity (Wildman–Crippen MR) is 131 cm³/mol. The van der Waals surface area contributed by atoms with Gasteiger partial charge in [0.25, 0.3) is 0 Å². The topological polar surface area (TPSA) is 115 Å². The van der Waals surface area contributed by atoms with Crippen LogP contribution in [0, 0.1) is 0 Å². The first kappa shape index (κ1) is 23.6. The summed E-state index contributed by atoms with van der Waals surface area (Å²) >= 11 is 0. The van der Waals surface area contributed by atoms with E-state index >= 15 is 0 Å². The SMILES string of the molecule is CC(=O)N1CCN(c2cc(-n3ccnc3)ncn2)C(CC(=O)NC(C)c2ccc3c(c2)OCCO3)C1. The number of rotatable bonds is 6. The van der Waals surface area contributed by atoms with Gasteiger partial charge < -0.3 is 24.6 Å². The second kappa shape index (κ2) is 10.2. The van der Waals surface area contributed by atoms with Gasteiger partial charge in [0, 0.05) is 51.4 Å². The summed E-state index contributed by atoms with van der Waals surface area (Å²) in [5.41, 5.74) is 0.930. The van der Waals surface area contributed by atoms with Gasteiger partial charge in [0.1, 0.15) is 37.5 Å². The van der Waals surface area contributed by atoms with Gasteiger partial charge in [0.05, 0.1) is 12.1 Å². The van der Waals surface area contributed by atoms with Crippen LogP contribution in [0.25, 0.3) is 5.82 Å². The fourth-order valence-electron chi connectivity index (χ4n) is 4.57. The number of amides is 2. The number of carbonyl (C=O) groups excluding carboxylic acids is 2. The molecule has 2 atom stereocenters. The van der Waals surface area contributed by atoms with Gasteiger partial charge in [-0.2, -0.15) is 0 Å². The molecular weight excluding hydrogens is 462 g/mol. The molecule has 1 N–H and O–H groups in total. The Labute approximate surface area is 209 Å². The number of imidazole rings is 1. The maximum Gasteiger partial charge on any atom is 0.222 e. The average Bonchev–Trinajstić information content (AvgIpc) is 3.43. The summed E-state index contributed by atoms with van der Waals surface area (Å²) in [6, 6.07) is 7.12. The number of hydrogen-bond donors (Lipinski definition) is 1. The van der Waals surface area contributed by atoms with Gasteiger partial charge in [-0.25, -0.2) is 15.0 Å². The number of benzene rings is 1. The molecule has 1 fully saturated rings. The highest BCUT2D eigenvalue weighted by atomic mass is 16.6. The first-order chi connectivity index (χ1) is 17.5. The Morgan fingerprint density at radius 3 is 2.69 bits per heavy atom. The molecule has 0 spiro atoms. The lowest BCUT2D eigenvalue weighted by Gasteiger charge is -2.41. The highest BCUT2D eigenvalue weighted by Crippen LogP contribution is 2.32. The molecule has 1 aromatic carbocycles. The summed E-state index contributed by atoms with van der Waals surface area (Å²) < 4.78 is 13.1. The Bertz CT molecular complexity index is 1230. The van der Waals surface area contributed by atoms with E-state index in [1.807, 2.05) is 37.4 Å². The van der Waals surface area contributed by atoms with E-state index in [0.29, 0.717) is 56.0 Å². The molecule has 11 heteroatoms. The maximum atomic E-state index is 13.1. The lowest BCUT2D eigenvalue weighted by molar-refractivity contribution is -0.130. The Morgan fingerprint density at radius 1 is 1.11 bits per heavy atom. The second-order valence-electron chi connectivity index (χ2n) is 8.91. The lowest BCUT2D eigenvalue weighted by Crippen LogP contribution is -2.56. The Hall–Kier alpha value is -4.15. The highest BCUT2D eigenvalue weighted by molar-refractivity contribution is 5.78. The van der Waals surface area contributed by atoms with Gasteiger partial charge in [-0.3, -0.25) is 14.2 Å². The molecule has 4 heterocycles. The van der Waals surface area contributed by atoms with Crippen molar-refractivity contribution >= 4 is 17.6 Å². The smallest absolute Gasteiger partial charge is 0.222 e. The van der Waals surface area contributed by atoms with Crippen molar-refractivity contribution in [2.45, 2.75) is 32.4 Å². The van der Waals surface area contributed by atoms with Gasteiger partial charge in [-0.15, -0.1) is 0 Å². The number of anilines is 1. The van der Waals surface area contributed by atoms with Crippen molar-refractivity contribution in [3.63, 3.8) is 0 Å². The summed E-state index contributed by atoms with van der Waals surface area (Å²) in [5, 5.41) is 3.09. The van der Waals surface area contributed by atoms with E-state index in [9.17, 15) is 9.59 Å². The lowest BCUT2D eigenvalue weighted by atomic mass is 10.0. The van der Waals surface area contributed by atoms with Gasteiger partial charge >= 0.3 is 0 Å². The minimum absolute atomic E-state index is 0.00787. The van der Waals surface area contributed by atoms with Gasteiger partial charge in [-0.1, -0.05) is 6.07 Å². The summed E-state index contributed by atoms with van der Waals surface area (Å²) in [6.45, 7) is 6.09. The average molecular weight is 492 g/mol. The van der Waals surface area contributed by atoms with Crippen LogP contribution in [0.3, 0.4) is 0 Å². The molecule has 2 aliphatic heterocycles. The van der Waals surface area contributed by atoms with Crippen molar-refractivity contribution in [2.24, 2.45) is 0 Å². The van der Waals surface area contributed by atoms with Crippen LogP contribution in [0.4, 0.5) is 5.82 Å². The number of ether oxygens (including phenoxy) is 2. The van der Waals surface area contributed by atoms with E-state index in [1.165, 1.54) is 6.33 Å². The van der Waals surface area contributed by atoms with Crippen LogP contribution in [0.15, 0.2) is 49.3 Å². The molecule has 36 heavy (non-hydrogen) atoms. The Kier molecular flexibility index (Phi) is 6.70. The van der Waals surface area contributed by atoms with E-state index in [4.69, 9.17) is 9.47 Å². The van der Waals surface area contributed by atoms with E-state index in [-0.39, 0.29) is 30.3 Å². The molecule has 0 saturated carbocycles. The number of hydrogen-bond acceptors (Lipinski definition) is 8. The maximum absolute atomic E-state index is 13.1. The minimum atomic E-state index is -0.236. The van der Waals surface area contributed by atoms with Crippen LogP contribution in [-0.2, 0) is 9.59 Å². The largest absolute Gasteiger partial charge is 0.486 e. The minimum Gasteiger partial charge on any atom is -0.486 e. The monoisotopic (exact) mass is 491 g/mol. The summed E-state index contributed by atoms with van der Waals surface area (Å²) in [6.07, 6.45) is 6.88. The Balaban J connectivity index is 1.31. The number of aromatic nitrogens is 4. The van der Waals surface area contributed by atoms with Crippen LogP contribution in [0.2, 0.25) is 0 Å². The molecule has 2 aromatic heterocycles. The quantitative estimate of drug-likeness (QED) is 0.555. The van der Waals surface area contributed by atoms with Crippen LogP contribution in [0.1, 0.15) is 31.9 Å². The number of nitrogens with zero attached hydrogens (tertiary/aromatic N) is 6. The summed E-state index contributed by atoms with van der Waals surface area (Å²) in [5.74, 6) is 2.67. The van der Waals surface area contributed by atoms with Crippen molar-refractivity contribution < 1.29 is 19.1 Å². The van der Waals surface area contributed by atoms with E-state index in [1.54, 1.807) is 28.9 Å². The third-order valence-corrected chi connectivity index (χ3v) is 6.49. The zero-order valence-electron chi connectivity index (χ0n) is 20.3.